The fourth-order valence-electron chi connectivity index (χ4n) is 3.03. The predicted molar refractivity (Wildman–Crippen MR) is 124 cm³/mol. The van der Waals surface area contributed by atoms with E-state index < -0.39 is 11.9 Å². The van der Waals surface area contributed by atoms with Gasteiger partial charge in [-0.05, 0) is 48.2 Å². The molecular formula is C24H18N2O6S. The molecule has 8 nitrogen and oxygen atoms in total. The zero-order chi connectivity index (χ0) is 23.4. The van der Waals surface area contributed by atoms with Crippen LogP contribution in [-0.4, -0.2) is 46.7 Å². The van der Waals surface area contributed by atoms with Crippen molar-refractivity contribution in [1.82, 2.24) is 4.90 Å². The highest BCUT2D eigenvalue weighted by Gasteiger charge is 2.35. The molecule has 0 atom stereocenters. The normalized spacial score (nSPS) is 15.9. The second-order valence-corrected chi connectivity index (χ2v) is 7.90. The maximum Gasteiger partial charge on any atom is 0.335 e. The molecule has 1 aromatic heterocycles. The van der Waals surface area contributed by atoms with E-state index in [0.717, 1.165) is 11.8 Å². The summed E-state index contributed by atoms with van der Waals surface area (Å²) in [6.07, 6.45) is 1.58. The number of carbonyl (C=O) groups excluding carboxylic acids is 2. The molecule has 1 N–H and O–H groups in total. The number of hydrogen-bond donors (Lipinski definition) is 1. The number of para-hydroxylation sites is 1. The van der Waals surface area contributed by atoms with E-state index in [-0.39, 0.29) is 18.0 Å². The number of esters is 1. The summed E-state index contributed by atoms with van der Waals surface area (Å²) in [7, 11) is 1.26. The van der Waals surface area contributed by atoms with Gasteiger partial charge in [-0.1, -0.05) is 30.3 Å². The number of amidine groups is 1. The van der Waals surface area contributed by atoms with Crippen molar-refractivity contribution >= 4 is 46.5 Å². The second kappa shape index (κ2) is 9.58. The number of carbonyl (C=O) groups is 3. The van der Waals surface area contributed by atoms with Crippen molar-refractivity contribution in [2.45, 2.75) is 0 Å². The standard InChI is InChI=1S/C24H18N2O6S/c1-31-21(27)14-26-22(28)20(33-24(26)25-17-5-3-2-4-6-17)13-18-11-12-19(32-18)15-7-9-16(10-8-15)23(29)30/h2-13H,14H2,1H3,(H,29,30)/b20-13-,25-24?. The molecule has 0 saturated carbocycles. The van der Waals surface area contributed by atoms with Crippen LogP contribution >= 0.6 is 11.8 Å². The van der Waals surface area contributed by atoms with Crippen molar-refractivity contribution < 1.29 is 28.6 Å². The molecule has 2 heterocycles. The molecule has 33 heavy (non-hydrogen) atoms. The van der Waals surface area contributed by atoms with Crippen LogP contribution in [0.2, 0.25) is 0 Å². The number of furan rings is 1. The first kappa shape index (κ1) is 22.1. The Labute approximate surface area is 193 Å². The first-order chi connectivity index (χ1) is 15.9. The van der Waals surface area contributed by atoms with E-state index in [9.17, 15) is 14.4 Å². The number of rotatable bonds is 6. The average Bonchev–Trinajstić information content (AvgIpc) is 3.40. The van der Waals surface area contributed by atoms with Crippen LogP contribution < -0.4 is 0 Å². The number of aliphatic imine (C=N–C) groups is 1. The number of ether oxygens (including phenoxy) is 1. The van der Waals surface area contributed by atoms with Crippen LogP contribution in [0.3, 0.4) is 0 Å². The third-order valence-electron chi connectivity index (χ3n) is 4.70. The zero-order valence-corrected chi connectivity index (χ0v) is 18.2. The number of carboxylic acid groups (broad SMARTS) is 1. The molecule has 1 aliphatic heterocycles. The van der Waals surface area contributed by atoms with Crippen LogP contribution in [0, 0.1) is 0 Å². The Balaban J connectivity index is 1.61. The van der Waals surface area contributed by atoms with Gasteiger partial charge in [0.2, 0.25) is 0 Å². The van der Waals surface area contributed by atoms with Gasteiger partial charge in [0.25, 0.3) is 5.91 Å². The molecule has 4 rings (SSSR count). The summed E-state index contributed by atoms with van der Waals surface area (Å²) >= 11 is 1.13. The van der Waals surface area contributed by atoms with Crippen molar-refractivity contribution in [3.05, 3.63) is 83.0 Å². The van der Waals surface area contributed by atoms with Crippen molar-refractivity contribution in [2.24, 2.45) is 4.99 Å². The fourth-order valence-corrected chi connectivity index (χ4v) is 4.01. The molecule has 0 radical (unpaired) electrons. The van der Waals surface area contributed by atoms with Gasteiger partial charge in [0.15, 0.2) is 5.17 Å². The molecule has 0 spiro atoms. The predicted octanol–water partition coefficient (Wildman–Crippen LogP) is 4.42. The number of thioether (sulfide) groups is 1. The summed E-state index contributed by atoms with van der Waals surface area (Å²) in [6, 6.07) is 18.8. The van der Waals surface area contributed by atoms with E-state index >= 15 is 0 Å². The Kier molecular flexibility index (Phi) is 6.41. The fraction of sp³-hybridized carbons (Fsp3) is 0.0833. The topological polar surface area (TPSA) is 109 Å². The minimum atomic E-state index is -1.01. The van der Waals surface area contributed by atoms with Gasteiger partial charge in [0.05, 0.1) is 23.3 Å². The number of hydrogen-bond acceptors (Lipinski definition) is 7. The number of amides is 1. The molecule has 1 fully saturated rings. The highest BCUT2D eigenvalue weighted by atomic mass is 32.2. The molecule has 0 bridgehead atoms. The quantitative estimate of drug-likeness (QED) is 0.426. The van der Waals surface area contributed by atoms with E-state index in [4.69, 9.17) is 14.3 Å². The van der Waals surface area contributed by atoms with Crippen LogP contribution in [0.5, 0.6) is 0 Å². The average molecular weight is 462 g/mol. The van der Waals surface area contributed by atoms with Gasteiger partial charge >= 0.3 is 11.9 Å². The minimum Gasteiger partial charge on any atom is -0.478 e. The van der Waals surface area contributed by atoms with Gasteiger partial charge in [-0.2, -0.15) is 0 Å². The molecule has 1 aliphatic rings. The van der Waals surface area contributed by atoms with E-state index in [1.54, 1.807) is 42.5 Å². The number of benzene rings is 2. The number of methoxy groups -OCH3 is 1. The van der Waals surface area contributed by atoms with E-state index in [2.05, 4.69) is 4.99 Å². The SMILES string of the molecule is COC(=O)CN1C(=O)/C(=C/c2ccc(-c3ccc(C(=O)O)cc3)o2)SC1=Nc1ccccc1. The van der Waals surface area contributed by atoms with Crippen LogP contribution in [0.1, 0.15) is 16.1 Å². The Morgan fingerprint density at radius 3 is 2.48 bits per heavy atom. The Morgan fingerprint density at radius 1 is 1.09 bits per heavy atom. The van der Waals surface area contributed by atoms with Crippen LogP contribution in [0.25, 0.3) is 17.4 Å². The number of aromatic carboxylic acids is 1. The first-order valence-corrected chi connectivity index (χ1v) is 10.6. The summed E-state index contributed by atoms with van der Waals surface area (Å²) in [5.41, 5.74) is 1.53. The minimum absolute atomic E-state index is 0.177. The lowest BCUT2D eigenvalue weighted by atomic mass is 10.1. The lowest BCUT2D eigenvalue weighted by Gasteiger charge is -2.13. The number of nitrogens with zero attached hydrogens (tertiary/aromatic N) is 2. The summed E-state index contributed by atoms with van der Waals surface area (Å²) < 4.78 is 10.5. The highest BCUT2D eigenvalue weighted by Crippen LogP contribution is 2.35. The maximum absolute atomic E-state index is 13.0. The smallest absolute Gasteiger partial charge is 0.335 e. The summed E-state index contributed by atoms with van der Waals surface area (Å²) in [5, 5.41) is 9.39. The van der Waals surface area contributed by atoms with Gasteiger partial charge in [-0.3, -0.25) is 14.5 Å². The van der Waals surface area contributed by atoms with Gasteiger partial charge in [-0.25, -0.2) is 9.79 Å². The van der Waals surface area contributed by atoms with Crippen molar-refractivity contribution in [3.8, 4) is 11.3 Å². The molecule has 9 heteroatoms. The molecule has 1 amide bonds. The third kappa shape index (κ3) is 5.04. The maximum atomic E-state index is 13.0. The van der Waals surface area contributed by atoms with E-state index in [1.807, 2.05) is 18.2 Å². The Morgan fingerprint density at radius 2 is 1.82 bits per heavy atom. The second-order valence-electron chi connectivity index (χ2n) is 6.89. The van der Waals surface area contributed by atoms with Gasteiger partial charge in [-0.15, -0.1) is 0 Å². The molecule has 1 saturated heterocycles. The van der Waals surface area contributed by atoms with E-state index in [0.29, 0.717) is 32.8 Å². The molecule has 166 valence electrons. The molecule has 3 aromatic rings. The van der Waals surface area contributed by atoms with Crippen LogP contribution in [0.15, 0.2) is 81.0 Å². The lowest BCUT2D eigenvalue weighted by molar-refractivity contribution is -0.143. The lowest BCUT2D eigenvalue weighted by Crippen LogP contribution is -2.34. The van der Waals surface area contributed by atoms with Crippen LogP contribution in [-0.2, 0) is 14.3 Å². The first-order valence-electron chi connectivity index (χ1n) is 9.80. The van der Waals surface area contributed by atoms with E-state index in [1.165, 1.54) is 24.1 Å². The van der Waals surface area contributed by atoms with Gasteiger partial charge in [0.1, 0.15) is 18.1 Å². The largest absolute Gasteiger partial charge is 0.478 e. The summed E-state index contributed by atoms with van der Waals surface area (Å²) in [6.45, 7) is -0.259. The summed E-state index contributed by atoms with van der Waals surface area (Å²) in [4.78, 5) is 42.0. The Hall–Kier alpha value is -4.11. The molecular weight excluding hydrogens is 444 g/mol. The third-order valence-corrected chi connectivity index (χ3v) is 5.71. The molecule has 0 unspecified atom stereocenters. The highest BCUT2D eigenvalue weighted by molar-refractivity contribution is 8.18. The molecule has 0 aliphatic carbocycles. The Bertz CT molecular complexity index is 1260. The van der Waals surface area contributed by atoms with Crippen molar-refractivity contribution in [2.75, 3.05) is 13.7 Å². The zero-order valence-electron chi connectivity index (χ0n) is 17.4. The van der Waals surface area contributed by atoms with Gasteiger partial charge in [0, 0.05) is 11.6 Å². The molecule has 2 aromatic carbocycles. The van der Waals surface area contributed by atoms with Crippen molar-refractivity contribution in [1.29, 1.82) is 0 Å². The number of carboxylic acids is 1. The monoisotopic (exact) mass is 462 g/mol. The van der Waals surface area contributed by atoms with Crippen molar-refractivity contribution in [3.63, 3.8) is 0 Å². The van der Waals surface area contributed by atoms with Crippen LogP contribution in [0.4, 0.5) is 5.69 Å². The summed E-state index contributed by atoms with van der Waals surface area (Å²) in [5.74, 6) is -0.992. The van der Waals surface area contributed by atoms with Gasteiger partial charge < -0.3 is 14.3 Å².